The van der Waals surface area contributed by atoms with E-state index in [0.29, 0.717) is 6.61 Å². The first-order valence-electron chi connectivity index (χ1n) is 13.1. The molecule has 0 bridgehead atoms. The van der Waals surface area contributed by atoms with Crippen molar-refractivity contribution < 1.29 is 47.9 Å². The monoisotopic (exact) mass is 532 g/mol. The van der Waals surface area contributed by atoms with Crippen LogP contribution in [-0.4, -0.2) is 57.5 Å². The number of aliphatic hydroxyl groups excluding tert-OH is 2. The van der Waals surface area contributed by atoms with Gasteiger partial charge >= 0.3 is 13.8 Å². The van der Waals surface area contributed by atoms with E-state index in [1.807, 2.05) is 0 Å². The maximum atomic E-state index is 12.4. The summed E-state index contributed by atoms with van der Waals surface area (Å²) in [4.78, 5) is 30.1. The predicted molar refractivity (Wildman–Crippen MR) is 132 cm³/mol. The van der Waals surface area contributed by atoms with Gasteiger partial charge in [-0.3, -0.25) is 4.52 Å². The van der Waals surface area contributed by atoms with Crippen molar-refractivity contribution in [1.82, 2.24) is 0 Å². The standard InChI is InChI=1S/C25H42NO9P/c1-2-3-4-5-6-7-8-9-10-11-12-13-17-33-25(29)20-15-14-16-26(18-20)24-23(28)22(27)21(35-24)19-34-36(30,31)32/h14-16,18,21-24,27-28H,2-13,17,19H2,1H3,(H-,30,31,32)/p+1/t21-,22-,23-,24-/m1/s1. The number of carbonyl (C=O) groups is 1. The summed E-state index contributed by atoms with van der Waals surface area (Å²) in [6.45, 7) is 1.96. The Hall–Kier alpha value is -1.39. The first kappa shape index (κ1) is 30.8. The van der Waals surface area contributed by atoms with Gasteiger partial charge in [0.15, 0.2) is 18.5 Å². The van der Waals surface area contributed by atoms with Crippen LogP contribution in [0.2, 0.25) is 0 Å². The fourth-order valence-corrected chi connectivity index (χ4v) is 4.59. The van der Waals surface area contributed by atoms with E-state index < -0.39 is 44.9 Å². The number of esters is 1. The van der Waals surface area contributed by atoms with Crippen LogP contribution in [0, 0.1) is 0 Å². The highest BCUT2D eigenvalue weighted by molar-refractivity contribution is 7.46. The molecule has 206 valence electrons. The number of aromatic nitrogens is 1. The third-order valence-corrected chi connectivity index (χ3v) is 6.81. The Bertz CT molecular complexity index is 818. The van der Waals surface area contributed by atoms with E-state index in [1.54, 1.807) is 18.3 Å². The zero-order chi connectivity index (χ0) is 26.4. The molecule has 1 aliphatic rings. The summed E-state index contributed by atoms with van der Waals surface area (Å²) in [5.41, 5.74) is 0.261. The van der Waals surface area contributed by atoms with Crippen molar-refractivity contribution in [3.8, 4) is 0 Å². The Kier molecular flexibility index (Phi) is 14.1. The molecular weight excluding hydrogens is 489 g/mol. The number of hydrogen-bond acceptors (Lipinski definition) is 7. The molecule has 1 aromatic heterocycles. The average molecular weight is 533 g/mol. The van der Waals surface area contributed by atoms with Crippen molar-refractivity contribution >= 4 is 13.8 Å². The second-order valence-corrected chi connectivity index (χ2v) is 10.6. The lowest BCUT2D eigenvalue weighted by molar-refractivity contribution is -0.765. The summed E-state index contributed by atoms with van der Waals surface area (Å²) in [5, 5.41) is 20.5. The van der Waals surface area contributed by atoms with Crippen molar-refractivity contribution in [1.29, 1.82) is 0 Å². The van der Waals surface area contributed by atoms with Crippen LogP contribution in [0.3, 0.4) is 0 Å². The van der Waals surface area contributed by atoms with Gasteiger partial charge in [-0.1, -0.05) is 77.6 Å². The van der Waals surface area contributed by atoms with Crippen molar-refractivity contribution in [2.75, 3.05) is 13.2 Å². The Balaban J connectivity index is 1.66. The van der Waals surface area contributed by atoms with Crippen molar-refractivity contribution in [3.05, 3.63) is 30.1 Å². The number of phosphoric acid groups is 1. The molecule has 1 fully saturated rings. The quantitative estimate of drug-likeness (QED) is 0.0964. The van der Waals surface area contributed by atoms with Crippen molar-refractivity contribution in [3.63, 3.8) is 0 Å². The van der Waals surface area contributed by atoms with Crippen LogP contribution < -0.4 is 4.57 Å². The van der Waals surface area contributed by atoms with Gasteiger partial charge in [0.05, 0.1) is 13.2 Å². The molecule has 10 nitrogen and oxygen atoms in total. The summed E-state index contributed by atoms with van der Waals surface area (Å²) in [6.07, 6.45) is 12.7. The van der Waals surface area contributed by atoms with Gasteiger partial charge in [0.2, 0.25) is 0 Å². The molecule has 0 aromatic carbocycles. The number of pyridine rings is 1. The molecule has 1 aliphatic heterocycles. The molecule has 0 aliphatic carbocycles. The van der Waals surface area contributed by atoms with E-state index in [1.165, 1.54) is 68.6 Å². The highest BCUT2D eigenvalue weighted by Crippen LogP contribution is 2.37. The van der Waals surface area contributed by atoms with Gasteiger partial charge in [0.25, 0.3) is 6.23 Å². The van der Waals surface area contributed by atoms with Gasteiger partial charge in [-0.2, -0.15) is 4.57 Å². The number of rotatable bonds is 18. The molecule has 11 heteroatoms. The molecule has 0 saturated carbocycles. The van der Waals surface area contributed by atoms with Gasteiger partial charge < -0.3 is 29.5 Å². The second-order valence-electron chi connectivity index (χ2n) is 9.40. The molecule has 2 heterocycles. The predicted octanol–water partition coefficient (Wildman–Crippen LogP) is 3.56. The lowest BCUT2D eigenvalue weighted by Crippen LogP contribution is -2.46. The largest absolute Gasteiger partial charge is 0.469 e. The Morgan fingerprint density at radius 3 is 2.14 bits per heavy atom. The fourth-order valence-electron chi connectivity index (χ4n) is 4.25. The van der Waals surface area contributed by atoms with Gasteiger partial charge in [-0.05, 0) is 12.5 Å². The van der Waals surface area contributed by atoms with E-state index in [4.69, 9.17) is 19.3 Å². The molecule has 0 amide bonds. The Labute approximate surface area is 213 Å². The zero-order valence-corrected chi connectivity index (χ0v) is 22.1. The van der Waals surface area contributed by atoms with E-state index >= 15 is 0 Å². The van der Waals surface area contributed by atoms with E-state index in [9.17, 15) is 19.6 Å². The number of hydrogen-bond donors (Lipinski definition) is 4. The summed E-state index contributed by atoms with van der Waals surface area (Å²) < 4.78 is 27.6. The molecule has 4 atom stereocenters. The molecule has 4 N–H and O–H groups in total. The van der Waals surface area contributed by atoms with Gasteiger partial charge in [0, 0.05) is 6.07 Å². The minimum atomic E-state index is -4.75. The lowest BCUT2D eigenvalue weighted by Gasteiger charge is -2.13. The zero-order valence-electron chi connectivity index (χ0n) is 21.2. The maximum Gasteiger partial charge on any atom is 0.469 e. The summed E-state index contributed by atoms with van der Waals surface area (Å²) >= 11 is 0. The van der Waals surface area contributed by atoms with Crippen LogP contribution in [0.25, 0.3) is 0 Å². The number of carbonyl (C=O) groups excluding carboxylic acids is 1. The van der Waals surface area contributed by atoms with E-state index in [2.05, 4.69) is 11.4 Å². The fraction of sp³-hybridized carbons (Fsp3) is 0.760. The first-order valence-corrected chi connectivity index (χ1v) is 14.7. The smallest absolute Gasteiger partial charge is 0.462 e. The normalized spacial score (nSPS) is 22.1. The highest BCUT2D eigenvalue weighted by Gasteiger charge is 2.49. The summed E-state index contributed by atoms with van der Waals surface area (Å²) in [6, 6.07) is 3.16. The minimum absolute atomic E-state index is 0.261. The minimum Gasteiger partial charge on any atom is -0.462 e. The number of nitrogens with zero attached hydrogens (tertiary/aromatic N) is 1. The number of ether oxygens (including phenoxy) is 2. The van der Waals surface area contributed by atoms with Gasteiger partial charge in [-0.25, -0.2) is 9.36 Å². The Morgan fingerprint density at radius 2 is 1.56 bits per heavy atom. The Morgan fingerprint density at radius 1 is 0.972 bits per heavy atom. The van der Waals surface area contributed by atoms with Gasteiger partial charge in [-0.15, -0.1) is 0 Å². The average Bonchev–Trinajstić information content (AvgIpc) is 3.13. The third kappa shape index (κ3) is 11.3. The molecular formula is C25H43NO9P+. The third-order valence-electron chi connectivity index (χ3n) is 6.33. The van der Waals surface area contributed by atoms with Gasteiger partial charge in [0.1, 0.15) is 17.8 Å². The molecule has 0 spiro atoms. The summed E-state index contributed by atoms with van der Waals surface area (Å²) in [5.74, 6) is -0.498. The molecule has 0 unspecified atom stereocenters. The molecule has 2 rings (SSSR count). The van der Waals surface area contributed by atoms with Crippen LogP contribution >= 0.6 is 7.82 Å². The number of phosphoric ester groups is 1. The molecule has 1 aromatic rings. The van der Waals surface area contributed by atoms with Crippen LogP contribution in [0.5, 0.6) is 0 Å². The number of aliphatic hydroxyl groups is 2. The van der Waals surface area contributed by atoms with Crippen LogP contribution in [0.15, 0.2) is 24.5 Å². The number of unbranched alkanes of at least 4 members (excludes halogenated alkanes) is 11. The van der Waals surface area contributed by atoms with Crippen LogP contribution in [0.4, 0.5) is 0 Å². The summed E-state index contributed by atoms with van der Waals surface area (Å²) in [7, 11) is -4.75. The van der Waals surface area contributed by atoms with Crippen LogP contribution in [0.1, 0.15) is 101 Å². The van der Waals surface area contributed by atoms with Crippen molar-refractivity contribution in [2.45, 2.75) is 109 Å². The lowest BCUT2D eigenvalue weighted by atomic mass is 10.1. The van der Waals surface area contributed by atoms with Crippen molar-refractivity contribution in [2.24, 2.45) is 0 Å². The topological polar surface area (TPSA) is 147 Å². The first-order chi connectivity index (χ1) is 17.2. The van der Waals surface area contributed by atoms with Crippen LogP contribution in [-0.2, 0) is 18.6 Å². The van der Waals surface area contributed by atoms with E-state index in [-0.39, 0.29) is 5.56 Å². The maximum absolute atomic E-state index is 12.4. The molecule has 36 heavy (non-hydrogen) atoms. The SMILES string of the molecule is CCCCCCCCCCCCCCOC(=O)c1ccc[n+]([C@@H]2O[C@H](COP(=O)(O)O)[C@@H](O)[C@H]2O)c1. The molecule has 0 radical (unpaired) electrons. The highest BCUT2D eigenvalue weighted by atomic mass is 31.2. The van der Waals surface area contributed by atoms with E-state index in [0.717, 1.165) is 19.3 Å². The molecule has 1 saturated heterocycles. The second kappa shape index (κ2) is 16.5.